The van der Waals surface area contributed by atoms with Crippen molar-refractivity contribution in [2.24, 2.45) is 0 Å². The van der Waals surface area contributed by atoms with Crippen molar-refractivity contribution in [3.05, 3.63) is 59.1 Å². The van der Waals surface area contributed by atoms with Crippen molar-refractivity contribution in [1.29, 1.82) is 0 Å². The molecule has 0 spiro atoms. The molecule has 0 atom stereocenters. The van der Waals surface area contributed by atoms with E-state index < -0.39 is 21.9 Å². The van der Waals surface area contributed by atoms with Gasteiger partial charge in [0.2, 0.25) is 5.76 Å². The summed E-state index contributed by atoms with van der Waals surface area (Å²) in [6, 6.07) is 9.16. The summed E-state index contributed by atoms with van der Waals surface area (Å²) in [5.41, 5.74) is 1.18. The summed E-state index contributed by atoms with van der Waals surface area (Å²) in [6.07, 6.45) is 4.66. The van der Waals surface area contributed by atoms with Crippen LogP contribution in [0.2, 0.25) is 0 Å². The van der Waals surface area contributed by atoms with E-state index in [2.05, 4.69) is 0 Å². The molecule has 0 saturated heterocycles. The number of benzene rings is 2. The monoisotopic (exact) mass is 538 g/mol. The topological polar surface area (TPSA) is 108 Å². The summed E-state index contributed by atoms with van der Waals surface area (Å²) < 4.78 is 60.1. The Morgan fingerprint density at radius 3 is 2.30 bits per heavy atom. The maximum Gasteiger partial charge on any atom is 0.371 e. The van der Waals surface area contributed by atoms with Crippen molar-refractivity contribution >= 4 is 22.2 Å². The van der Waals surface area contributed by atoms with Crippen LogP contribution in [-0.2, 0) is 26.1 Å². The SMILES string of the molecule is CCCCOc1cc(C=C(OCC)C(=O)O)ccc1OCCc1ccc(OS(=O)(=O)CCCC)c(F)c1. The second-order valence-electron chi connectivity index (χ2n) is 8.22. The number of carboxylic acids is 1. The summed E-state index contributed by atoms with van der Waals surface area (Å²) >= 11 is 0. The van der Waals surface area contributed by atoms with E-state index in [-0.39, 0.29) is 30.5 Å². The fourth-order valence-electron chi connectivity index (χ4n) is 3.19. The van der Waals surface area contributed by atoms with E-state index in [0.29, 0.717) is 48.5 Å². The predicted octanol–water partition coefficient (Wildman–Crippen LogP) is 5.60. The summed E-state index contributed by atoms with van der Waals surface area (Å²) in [6.45, 7) is 6.49. The Balaban J connectivity index is 2.10. The third kappa shape index (κ3) is 10.3. The minimum Gasteiger partial charge on any atom is -0.490 e. The molecule has 2 aromatic rings. The van der Waals surface area contributed by atoms with E-state index >= 15 is 0 Å². The number of rotatable bonds is 17. The first-order valence-corrected chi connectivity index (χ1v) is 13.9. The highest BCUT2D eigenvalue weighted by atomic mass is 32.2. The van der Waals surface area contributed by atoms with Crippen LogP contribution >= 0.6 is 0 Å². The summed E-state index contributed by atoms with van der Waals surface area (Å²) in [4.78, 5) is 11.4. The van der Waals surface area contributed by atoms with E-state index in [4.69, 9.17) is 18.4 Å². The Hall–Kier alpha value is -3.27. The van der Waals surface area contributed by atoms with E-state index in [0.717, 1.165) is 12.8 Å². The molecule has 0 aromatic heterocycles. The lowest BCUT2D eigenvalue weighted by atomic mass is 10.1. The fourth-order valence-corrected chi connectivity index (χ4v) is 4.33. The second kappa shape index (κ2) is 15.1. The molecule has 0 aliphatic heterocycles. The van der Waals surface area contributed by atoms with Crippen molar-refractivity contribution < 1.29 is 41.1 Å². The van der Waals surface area contributed by atoms with Crippen LogP contribution in [0.3, 0.4) is 0 Å². The van der Waals surface area contributed by atoms with Crippen LogP contribution in [0.5, 0.6) is 17.2 Å². The number of unbranched alkanes of at least 4 members (excludes halogenated alkanes) is 2. The number of carbonyl (C=O) groups is 1. The summed E-state index contributed by atoms with van der Waals surface area (Å²) in [5, 5.41) is 9.30. The predicted molar refractivity (Wildman–Crippen MR) is 139 cm³/mol. The average Bonchev–Trinajstić information content (AvgIpc) is 2.85. The molecule has 8 nitrogen and oxygen atoms in total. The smallest absolute Gasteiger partial charge is 0.371 e. The van der Waals surface area contributed by atoms with Crippen molar-refractivity contribution in [2.75, 3.05) is 25.6 Å². The molecular weight excluding hydrogens is 503 g/mol. The minimum absolute atomic E-state index is 0.168. The molecule has 0 saturated carbocycles. The molecule has 0 radical (unpaired) electrons. The molecule has 0 amide bonds. The molecule has 204 valence electrons. The lowest BCUT2D eigenvalue weighted by Gasteiger charge is -2.14. The molecule has 0 aliphatic rings. The molecule has 0 fully saturated rings. The van der Waals surface area contributed by atoms with Gasteiger partial charge < -0.3 is 23.5 Å². The van der Waals surface area contributed by atoms with Crippen LogP contribution < -0.4 is 13.7 Å². The van der Waals surface area contributed by atoms with Gasteiger partial charge in [0.1, 0.15) is 0 Å². The van der Waals surface area contributed by atoms with E-state index in [1.807, 2.05) is 13.8 Å². The van der Waals surface area contributed by atoms with Crippen molar-refractivity contribution in [1.82, 2.24) is 0 Å². The third-order valence-corrected chi connectivity index (χ3v) is 6.36. The van der Waals surface area contributed by atoms with Crippen LogP contribution in [0.4, 0.5) is 4.39 Å². The van der Waals surface area contributed by atoms with Gasteiger partial charge in [-0.15, -0.1) is 0 Å². The van der Waals surface area contributed by atoms with Gasteiger partial charge >= 0.3 is 16.1 Å². The standard InChI is InChI=1S/C27H35FO8S/c1-4-7-14-34-25-18-21(19-26(27(29)30)33-6-3)10-12-24(25)35-15-13-20-9-11-23(22(28)17-20)36-37(31,32)16-8-5-2/h9-12,17-19H,4-8,13-16H2,1-3H3,(H,29,30). The number of carboxylic acid groups (broad SMARTS) is 1. The van der Waals surface area contributed by atoms with Crippen LogP contribution in [0, 0.1) is 5.82 Å². The van der Waals surface area contributed by atoms with Gasteiger partial charge in [-0.2, -0.15) is 8.42 Å². The zero-order valence-electron chi connectivity index (χ0n) is 21.5. The van der Waals surface area contributed by atoms with Crippen LogP contribution in [0.25, 0.3) is 6.08 Å². The molecule has 0 aliphatic carbocycles. The number of halogens is 1. The largest absolute Gasteiger partial charge is 0.490 e. The molecule has 2 aromatic carbocycles. The first kappa shape index (κ1) is 30.0. The zero-order chi connectivity index (χ0) is 27.3. The molecule has 0 heterocycles. The van der Waals surface area contributed by atoms with Crippen LogP contribution in [0.15, 0.2) is 42.2 Å². The number of hydrogen-bond donors (Lipinski definition) is 1. The van der Waals surface area contributed by atoms with Crippen LogP contribution in [0.1, 0.15) is 57.6 Å². The highest BCUT2D eigenvalue weighted by molar-refractivity contribution is 7.87. The second-order valence-corrected chi connectivity index (χ2v) is 9.91. The normalized spacial score (nSPS) is 11.7. The highest BCUT2D eigenvalue weighted by Gasteiger charge is 2.16. The number of aliphatic carboxylic acids is 1. The molecule has 1 N–H and O–H groups in total. The van der Waals surface area contributed by atoms with E-state index in [9.17, 15) is 22.7 Å². The van der Waals surface area contributed by atoms with Gasteiger partial charge in [0, 0.05) is 6.42 Å². The van der Waals surface area contributed by atoms with Crippen molar-refractivity contribution in [3.8, 4) is 17.2 Å². The molecular formula is C27H35FO8S. The first-order chi connectivity index (χ1) is 17.7. The highest BCUT2D eigenvalue weighted by Crippen LogP contribution is 2.30. The number of ether oxygens (including phenoxy) is 3. The van der Waals surface area contributed by atoms with Gasteiger partial charge in [0.25, 0.3) is 0 Å². The Kier molecular flexibility index (Phi) is 12.2. The zero-order valence-corrected chi connectivity index (χ0v) is 22.3. The van der Waals surface area contributed by atoms with Gasteiger partial charge in [-0.3, -0.25) is 0 Å². The van der Waals surface area contributed by atoms with Crippen LogP contribution in [-0.4, -0.2) is 45.1 Å². The summed E-state index contributed by atoms with van der Waals surface area (Å²) in [7, 11) is -3.84. The Morgan fingerprint density at radius 1 is 0.946 bits per heavy atom. The van der Waals surface area contributed by atoms with Gasteiger partial charge in [0.15, 0.2) is 23.1 Å². The third-order valence-electron chi connectivity index (χ3n) is 5.14. The number of hydrogen-bond acceptors (Lipinski definition) is 7. The maximum absolute atomic E-state index is 14.4. The van der Waals surface area contributed by atoms with Gasteiger partial charge in [-0.05, 0) is 61.2 Å². The first-order valence-electron chi connectivity index (χ1n) is 12.4. The quantitative estimate of drug-likeness (QED) is 0.120. The molecule has 0 bridgehead atoms. The minimum atomic E-state index is -3.84. The lowest BCUT2D eigenvalue weighted by Crippen LogP contribution is -2.14. The molecule has 37 heavy (non-hydrogen) atoms. The lowest BCUT2D eigenvalue weighted by molar-refractivity contribution is -0.136. The van der Waals surface area contributed by atoms with E-state index in [1.54, 1.807) is 31.2 Å². The fraction of sp³-hybridized carbons (Fsp3) is 0.444. The van der Waals surface area contributed by atoms with Crippen molar-refractivity contribution in [2.45, 2.75) is 52.9 Å². The van der Waals surface area contributed by atoms with Crippen molar-refractivity contribution in [3.63, 3.8) is 0 Å². The molecule has 0 unspecified atom stereocenters. The maximum atomic E-state index is 14.4. The summed E-state index contributed by atoms with van der Waals surface area (Å²) in [5.74, 6) is -1.69. The Morgan fingerprint density at radius 2 is 1.65 bits per heavy atom. The van der Waals surface area contributed by atoms with E-state index in [1.165, 1.54) is 18.2 Å². The average molecular weight is 539 g/mol. The Bertz CT molecular complexity index is 1160. The molecule has 10 heteroatoms. The van der Waals surface area contributed by atoms with Gasteiger partial charge in [0.05, 0.1) is 25.6 Å². The molecule has 2 rings (SSSR count). The Labute approximate surface area is 218 Å². The van der Waals surface area contributed by atoms with Gasteiger partial charge in [-0.1, -0.05) is 38.8 Å². The van der Waals surface area contributed by atoms with Gasteiger partial charge in [-0.25, -0.2) is 9.18 Å².